The number of nitrogens with zero attached hydrogens (tertiary/aromatic N) is 2. The Kier molecular flexibility index (Phi) is 4.88. The predicted octanol–water partition coefficient (Wildman–Crippen LogP) is 0.400. The molecule has 1 heterocycles. The summed E-state index contributed by atoms with van der Waals surface area (Å²) >= 11 is 0. The van der Waals surface area contributed by atoms with E-state index in [2.05, 4.69) is 20.7 Å². The molecule has 0 spiro atoms. The van der Waals surface area contributed by atoms with E-state index in [0.717, 1.165) is 10.8 Å². The lowest BCUT2D eigenvalue weighted by Crippen LogP contribution is -2.28. The van der Waals surface area contributed by atoms with Gasteiger partial charge >= 0.3 is 5.69 Å². The summed E-state index contributed by atoms with van der Waals surface area (Å²) in [4.78, 5) is 36.2. The number of carbonyl (C=O) groups excluding carboxylic acids is 1. The van der Waals surface area contributed by atoms with Crippen LogP contribution in [0.1, 0.15) is 17.7 Å². The Labute approximate surface area is 146 Å². The van der Waals surface area contributed by atoms with Crippen molar-refractivity contribution in [3.8, 4) is 5.75 Å². The molecular weight excluding hydrogens is 338 g/mol. The SMILES string of the molecule is O=C(CCc1n[nH]c(=O)[nH]c1=O)N/N=C/c1c(O)ccc2ccccc12. The van der Waals surface area contributed by atoms with Gasteiger partial charge in [-0.3, -0.25) is 14.6 Å². The number of aromatic hydroxyl groups is 1. The minimum atomic E-state index is -0.706. The highest BCUT2D eigenvalue weighted by Gasteiger charge is 2.07. The zero-order valence-corrected chi connectivity index (χ0v) is 13.5. The summed E-state index contributed by atoms with van der Waals surface area (Å²) in [7, 11) is 0. The van der Waals surface area contributed by atoms with Crippen molar-refractivity contribution in [2.75, 3.05) is 0 Å². The van der Waals surface area contributed by atoms with E-state index in [9.17, 15) is 19.5 Å². The lowest BCUT2D eigenvalue weighted by molar-refractivity contribution is -0.121. The molecule has 1 amide bonds. The number of aromatic amines is 2. The van der Waals surface area contributed by atoms with Gasteiger partial charge in [-0.1, -0.05) is 30.3 Å². The van der Waals surface area contributed by atoms with Gasteiger partial charge in [-0.2, -0.15) is 10.2 Å². The summed E-state index contributed by atoms with van der Waals surface area (Å²) in [6, 6.07) is 10.8. The normalized spacial score (nSPS) is 11.1. The molecular formula is C17H15N5O4. The van der Waals surface area contributed by atoms with Crippen LogP contribution < -0.4 is 16.7 Å². The van der Waals surface area contributed by atoms with E-state index < -0.39 is 17.2 Å². The molecule has 0 aliphatic carbocycles. The van der Waals surface area contributed by atoms with Gasteiger partial charge in [0.25, 0.3) is 5.56 Å². The molecule has 0 aliphatic heterocycles. The second-order valence-corrected chi connectivity index (χ2v) is 5.47. The number of benzene rings is 2. The summed E-state index contributed by atoms with van der Waals surface area (Å²) in [5.74, 6) is -0.390. The molecule has 3 aromatic rings. The second-order valence-electron chi connectivity index (χ2n) is 5.47. The maximum atomic E-state index is 11.8. The molecule has 26 heavy (non-hydrogen) atoms. The van der Waals surface area contributed by atoms with Crippen LogP contribution in [-0.2, 0) is 11.2 Å². The number of H-pyrrole nitrogens is 2. The van der Waals surface area contributed by atoms with E-state index >= 15 is 0 Å². The van der Waals surface area contributed by atoms with Crippen LogP contribution in [0.15, 0.2) is 51.1 Å². The van der Waals surface area contributed by atoms with Crippen LogP contribution in [-0.4, -0.2) is 32.4 Å². The summed E-state index contributed by atoms with van der Waals surface area (Å²) in [6.45, 7) is 0. The van der Waals surface area contributed by atoms with Crippen molar-refractivity contribution in [1.82, 2.24) is 20.6 Å². The van der Waals surface area contributed by atoms with E-state index in [0.29, 0.717) is 5.56 Å². The molecule has 9 heteroatoms. The van der Waals surface area contributed by atoms with Crippen molar-refractivity contribution >= 4 is 22.9 Å². The van der Waals surface area contributed by atoms with Gasteiger partial charge in [-0.25, -0.2) is 15.3 Å². The number of phenols is 1. The van der Waals surface area contributed by atoms with E-state index in [-0.39, 0.29) is 24.3 Å². The topological polar surface area (TPSA) is 140 Å². The molecule has 2 aromatic carbocycles. The standard InChI is InChI=1S/C17H15N5O4/c23-14-7-5-10-3-1-2-4-11(10)12(14)9-18-21-15(24)8-6-13-16(25)19-17(26)22-20-13/h1-5,7,9,23H,6,8H2,(H,21,24)(H2,19,22,25,26)/b18-9+. The Morgan fingerprint density at radius 2 is 2.04 bits per heavy atom. The van der Waals surface area contributed by atoms with Gasteiger partial charge in [0.2, 0.25) is 5.91 Å². The summed E-state index contributed by atoms with van der Waals surface area (Å²) in [5, 5.41) is 21.3. The lowest BCUT2D eigenvalue weighted by Gasteiger charge is -2.04. The van der Waals surface area contributed by atoms with Gasteiger partial charge in [0, 0.05) is 18.4 Å². The van der Waals surface area contributed by atoms with Crippen molar-refractivity contribution in [2.24, 2.45) is 5.10 Å². The molecule has 0 saturated heterocycles. The Balaban J connectivity index is 1.65. The van der Waals surface area contributed by atoms with Gasteiger partial charge in [0.15, 0.2) is 0 Å². The molecule has 4 N–H and O–H groups in total. The average Bonchev–Trinajstić information content (AvgIpc) is 2.63. The maximum Gasteiger partial charge on any atom is 0.342 e. The monoisotopic (exact) mass is 353 g/mol. The number of fused-ring (bicyclic) bond motifs is 1. The summed E-state index contributed by atoms with van der Waals surface area (Å²) in [6.07, 6.45) is 1.37. The van der Waals surface area contributed by atoms with E-state index in [1.165, 1.54) is 6.21 Å². The molecule has 0 aliphatic rings. The van der Waals surface area contributed by atoms with Crippen molar-refractivity contribution < 1.29 is 9.90 Å². The van der Waals surface area contributed by atoms with Gasteiger partial charge < -0.3 is 5.11 Å². The number of aromatic nitrogens is 3. The largest absolute Gasteiger partial charge is 0.507 e. The fourth-order valence-corrected chi connectivity index (χ4v) is 2.42. The molecule has 0 fully saturated rings. The van der Waals surface area contributed by atoms with Crippen LogP contribution in [0.5, 0.6) is 5.75 Å². The van der Waals surface area contributed by atoms with Crippen LogP contribution in [0.2, 0.25) is 0 Å². The minimum absolute atomic E-state index is 0.0407. The second kappa shape index (κ2) is 7.43. The van der Waals surface area contributed by atoms with Crippen LogP contribution in [0.4, 0.5) is 0 Å². The van der Waals surface area contributed by atoms with E-state index in [1.807, 2.05) is 29.2 Å². The highest BCUT2D eigenvalue weighted by Crippen LogP contribution is 2.25. The van der Waals surface area contributed by atoms with Gasteiger partial charge in [0.05, 0.1) is 6.21 Å². The third-order valence-corrected chi connectivity index (χ3v) is 3.70. The van der Waals surface area contributed by atoms with Crippen LogP contribution in [0.3, 0.4) is 0 Å². The first-order chi connectivity index (χ1) is 12.5. The van der Waals surface area contributed by atoms with Crippen molar-refractivity contribution in [3.05, 3.63) is 68.5 Å². The molecule has 0 saturated carbocycles. The molecule has 0 atom stereocenters. The lowest BCUT2D eigenvalue weighted by atomic mass is 10.0. The van der Waals surface area contributed by atoms with E-state index in [1.54, 1.807) is 12.1 Å². The number of phenolic OH excluding ortho intramolecular Hbond substituents is 1. The highest BCUT2D eigenvalue weighted by atomic mass is 16.3. The summed E-state index contributed by atoms with van der Waals surface area (Å²) in [5.41, 5.74) is 1.53. The van der Waals surface area contributed by atoms with Crippen molar-refractivity contribution in [1.29, 1.82) is 0 Å². The molecule has 1 aromatic heterocycles. The smallest absolute Gasteiger partial charge is 0.342 e. The molecule has 3 rings (SSSR count). The quantitative estimate of drug-likeness (QED) is 0.388. The van der Waals surface area contributed by atoms with Gasteiger partial charge in [-0.15, -0.1) is 0 Å². The number of carbonyl (C=O) groups is 1. The van der Waals surface area contributed by atoms with Crippen LogP contribution >= 0.6 is 0 Å². The van der Waals surface area contributed by atoms with Crippen LogP contribution in [0, 0.1) is 0 Å². The first kappa shape index (κ1) is 17.1. The highest BCUT2D eigenvalue weighted by molar-refractivity contribution is 6.02. The minimum Gasteiger partial charge on any atom is -0.507 e. The average molecular weight is 353 g/mol. The number of hydrazone groups is 1. The molecule has 0 bridgehead atoms. The van der Waals surface area contributed by atoms with Crippen LogP contribution in [0.25, 0.3) is 10.8 Å². The zero-order valence-electron chi connectivity index (χ0n) is 13.5. The molecule has 9 nitrogen and oxygen atoms in total. The number of nitrogens with one attached hydrogen (secondary N) is 3. The zero-order chi connectivity index (χ0) is 18.5. The predicted molar refractivity (Wildman–Crippen MR) is 95.1 cm³/mol. The van der Waals surface area contributed by atoms with E-state index in [4.69, 9.17) is 0 Å². The third-order valence-electron chi connectivity index (χ3n) is 3.70. The Morgan fingerprint density at radius 1 is 1.23 bits per heavy atom. The molecule has 0 radical (unpaired) electrons. The number of hydrogen-bond acceptors (Lipinski definition) is 6. The number of amides is 1. The molecule has 0 unspecified atom stereocenters. The first-order valence-corrected chi connectivity index (χ1v) is 7.75. The first-order valence-electron chi connectivity index (χ1n) is 7.75. The number of hydrogen-bond donors (Lipinski definition) is 4. The molecule has 132 valence electrons. The fraction of sp³-hybridized carbons (Fsp3) is 0.118. The Hall–Kier alpha value is -3.75. The number of aryl methyl sites for hydroxylation is 1. The number of rotatable bonds is 5. The van der Waals surface area contributed by atoms with Crippen molar-refractivity contribution in [3.63, 3.8) is 0 Å². The third kappa shape index (κ3) is 3.83. The Bertz CT molecular complexity index is 1100. The summed E-state index contributed by atoms with van der Waals surface area (Å²) < 4.78 is 0. The fourth-order valence-electron chi connectivity index (χ4n) is 2.42. The Morgan fingerprint density at radius 3 is 2.85 bits per heavy atom. The van der Waals surface area contributed by atoms with Crippen molar-refractivity contribution in [2.45, 2.75) is 12.8 Å². The maximum absolute atomic E-state index is 11.8. The van der Waals surface area contributed by atoms with Gasteiger partial charge in [0.1, 0.15) is 11.4 Å². The van der Waals surface area contributed by atoms with Gasteiger partial charge in [-0.05, 0) is 16.8 Å².